The van der Waals surface area contributed by atoms with Gasteiger partial charge in [0.2, 0.25) is 10.0 Å². The molecule has 0 saturated heterocycles. The molecule has 2 rings (SSSR count). The third-order valence-electron chi connectivity index (χ3n) is 2.82. The molecule has 0 amide bonds. The van der Waals surface area contributed by atoms with Crippen LogP contribution in [-0.2, 0) is 16.6 Å². The number of anilines is 1. The fourth-order valence-corrected chi connectivity index (χ4v) is 3.09. The fourth-order valence-electron chi connectivity index (χ4n) is 1.79. The molecule has 2 aromatic rings. The quantitative estimate of drug-likeness (QED) is 0.900. The largest absolute Gasteiger partial charge is 0.372 e. The molecule has 0 unspecified atom stereocenters. The van der Waals surface area contributed by atoms with Gasteiger partial charge in [-0.05, 0) is 23.8 Å². The number of aromatic nitrogens is 2. The van der Waals surface area contributed by atoms with Gasteiger partial charge in [-0.3, -0.25) is 4.98 Å². The van der Waals surface area contributed by atoms with Gasteiger partial charge < -0.3 is 5.32 Å². The molecule has 2 aromatic heterocycles. The van der Waals surface area contributed by atoms with E-state index >= 15 is 0 Å². The monoisotopic (exact) mass is 292 g/mol. The Kier molecular flexibility index (Phi) is 4.31. The van der Waals surface area contributed by atoms with E-state index in [0.717, 1.165) is 5.56 Å². The van der Waals surface area contributed by atoms with Crippen LogP contribution in [0, 0.1) is 0 Å². The van der Waals surface area contributed by atoms with Crippen LogP contribution in [0.15, 0.2) is 47.8 Å². The second kappa shape index (κ2) is 5.98. The van der Waals surface area contributed by atoms with Gasteiger partial charge in [-0.25, -0.2) is 13.4 Å². The fraction of sp³-hybridized carbons (Fsp3) is 0.231. The van der Waals surface area contributed by atoms with Crippen molar-refractivity contribution in [3.63, 3.8) is 0 Å². The molecule has 1 N–H and O–H groups in total. The molecule has 2 heterocycles. The molecule has 0 aliphatic carbocycles. The number of hydrogen-bond acceptors (Lipinski definition) is 5. The molecule has 106 valence electrons. The van der Waals surface area contributed by atoms with Gasteiger partial charge in [-0.15, -0.1) is 0 Å². The van der Waals surface area contributed by atoms with Crippen molar-refractivity contribution in [3.8, 4) is 0 Å². The minimum atomic E-state index is -3.60. The summed E-state index contributed by atoms with van der Waals surface area (Å²) < 4.78 is 26.4. The Morgan fingerprint density at radius 2 is 2.00 bits per heavy atom. The van der Waals surface area contributed by atoms with Crippen LogP contribution in [0.3, 0.4) is 0 Å². The second-order valence-electron chi connectivity index (χ2n) is 4.22. The van der Waals surface area contributed by atoms with Gasteiger partial charge in [0.25, 0.3) is 0 Å². The lowest BCUT2D eigenvalue weighted by atomic mass is 10.3. The second-order valence-corrected chi connectivity index (χ2v) is 6.24. The summed E-state index contributed by atoms with van der Waals surface area (Å²) >= 11 is 0. The summed E-state index contributed by atoms with van der Waals surface area (Å²) in [7, 11) is -0.422. The summed E-state index contributed by atoms with van der Waals surface area (Å²) in [5, 5.41) is 2.79. The molecule has 20 heavy (non-hydrogen) atoms. The van der Waals surface area contributed by atoms with Crippen molar-refractivity contribution in [1.29, 1.82) is 0 Å². The molecule has 0 atom stereocenters. The van der Waals surface area contributed by atoms with Crippen LogP contribution in [0.5, 0.6) is 0 Å². The highest BCUT2D eigenvalue weighted by Crippen LogP contribution is 2.22. The maximum atomic E-state index is 12.5. The highest BCUT2D eigenvalue weighted by molar-refractivity contribution is 7.89. The predicted molar refractivity (Wildman–Crippen MR) is 76.7 cm³/mol. The molecule has 0 aliphatic heterocycles. The first-order chi connectivity index (χ1) is 9.55. The van der Waals surface area contributed by atoms with Crippen LogP contribution in [-0.4, -0.2) is 36.8 Å². The Morgan fingerprint density at radius 3 is 2.65 bits per heavy atom. The summed E-state index contributed by atoms with van der Waals surface area (Å²) in [6.45, 7) is 0.258. The van der Waals surface area contributed by atoms with Gasteiger partial charge in [-0.1, -0.05) is 6.07 Å². The van der Waals surface area contributed by atoms with Crippen molar-refractivity contribution in [2.45, 2.75) is 11.4 Å². The smallest absolute Gasteiger partial charge is 0.246 e. The Bertz CT molecular complexity index is 674. The number of pyridine rings is 2. The minimum Gasteiger partial charge on any atom is -0.372 e. The van der Waals surface area contributed by atoms with E-state index < -0.39 is 10.0 Å². The van der Waals surface area contributed by atoms with E-state index in [1.807, 2.05) is 6.07 Å². The molecule has 0 aromatic carbocycles. The van der Waals surface area contributed by atoms with Gasteiger partial charge in [0.1, 0.15) is 10.7 Å². The molecule has 0 aliphatic rings. The summed E-state index contributed by atoms with van der Waals surface area (Å²) in [5.74, 6) is 0.338. The minimum absolute atomic E-state index is 0.161. The van der Waals surface area contributed by atoms with Crippen LogP contribution >= 0.6 is 0 Å². The number of rotatable bonds is 5. The number of hydrogen-bond donors (Lipinski definition) is 1. The zero-order valence-electron chi connectivity index (χ0n) is 11.3. The molecule has 0 bridgehead atoms. The van der Waals surface area contributed by atoms with Gasteiger partial charge in [-0.2, -0.15) is 4.31 Å². The van der Waals surface area contributed by atoms with Crippen molar-refractivity contribution in [2.75, 3.05) is 19.4 Å². The van der Waals surface area contributed by atoms with Gasteiger partial charge >= 0.3 is 0 Å². The Hall–Kier alpha value is -1.99. The highest BCUT2D eigenvalue weighted by atomic mass is 32.2. The van der Waals surface area contributed by atoms with E-state index in [-0.39, 0.29) is 11.4 Å². The summed E-state index contributed by atoms with van der Waals surface area (Å²) in [6.07, 6.45) is 4.85. The van der Waals surface area contributed by atoms with Crippen LogP contribution in [0.25, 0.3) is 0 Å². The molecule has 0 spiro atoms. The normalized spacial score (nSPS) is 11.6. The van der Waals surface area contributed by atoms with E-state index in [4.69, 9.17) is 0 Å². The van der Waals surface area contributed by atoms with Crippen LogP contribution in [0.1, 0.15) is 5.56 Å². The Morgan fingerprint density at radius 1 is 1.25 bits per heavy atom. The lowest BCUT2D eigenvalue weighted by molar-refractivity contribution is 0.466. The van der Waals surface area contributed by atoms with E-state index in [1.54, 1.807) is 37.8 Å². The first-order valence-corrected chi connectivity index (χ1v) is 7.47. The van der Waals surface area contributed by atoms with E-state index in [9.17, 15) is 8.42 Å². The number of nitrogens with one attached hydrogen (secondary N) is 1. The third kappa shape index (κ3) is 2.94. The lowest BCUT2D eigenvalue weighted by Crippen LogP contribution is -2.27. The topological polar surface area (TPSA) is 75.2 Å². The average molecular weight is 292 g/mol. The molecule has 0 fully saturated rings. The SMILES string of the molecule is CNc1ncccc1S(=O)(=O)N(C)Cc1cccnc1. The molecular formula is C13H16N4O2S. The maximum Gasteiger partial charge on any atom is 0.246 e. The Labute approximate surface area is 118 Å². The van der Waals surface area contributed by atoms with Crippen molar-refractivity contribution >= 4 is 15.8 Å². The third-order valence-corrected chi connectivity index (χ3v) is 4.66. The first-order valence-electron chi connectivity index (χ1n) is 6.03. The van der Waals surface area contributed by atoms with Crippen LogP contribution in [0.4, 0.5) is 5.82 Å². The molecular weight excluding hydrogens is 276 g/mol. The molecule has 0 saturated carbocycles. The number of nitrogens with zero attached hydrogens (tertiary/aromatic N) is 3. The Balaban J connectivity index is 2.30. The molecule has 6 nitrogen and oxygen atoms in total. The zero-order chi connectivity index (χ0) is 14.6. The predicted octanol–water partition coefficient (Wildman–Crippen LogP) is 1.34. The van der Waals surface area contributed by atoms with Gasteiger partial charge in [0.05, 0.1) is 0 Å². The maximum absolute atomic E-state index is 12.5. The van der Waals surface area contributed by atoms with Gasteiger partial charge in [0.15, 0.2) is 0 Å². The van der Waals surface area contributed by atoms with E-state index in [1.165, 1.54) is 17.4 Å². The van der Waals surface area contributed by atoms with E-state index in [2.05, 4.69) is 15.3 Å². The highest BCUT2D eigenvalue weighted by Gasteiger charge is 2.24. The van der Waals surface area contributed by atoms with E-state index in [0.29, 0.717) is 5.82 Å². The number of sulfonamides is 1. The molecule has 0 radical (unpaired) electrons. The van der Waals surface area contributed by atoms with Crippen molar-refractivity contribution in [2.24, 2.45) is 0 Å². The zero-order valence-corrected chi connectivity index (χ0v) is 12.1. The summed E-state index contributed by atoms with van der Waals surface area (Å²) in [4.78, 5) is 8.16. The van der Waals surface area contributed by atoms with Crippen molar-refractivity contribution < 1.29 is 8.42 Å². The van der Waals surface area contributed by atoms with Crippen LogP contribution < -0.4 is 5.32 Å². The summed E-state index contributed by atoms with van der Waals surface area (Å²) in [6, 6.07) is 6.75. The average Bonchev–Trinajstić information content (AvgIpc) is 2.48. The van der Waals surface area contributed by atoms with Crippen molar-refractivity contribution in [1.82, 2.24) is 14.3 Å². The van der Waals surface area contributed by atoms with Crippen molar-refractivity contribution in [3.05, 3.63) is 48.4 Å². The van der Waals surface area contributed by atoms with Gasteiger partial charge in [0, 0.05) is 39.2 Å². The lowest BCUT2D eigenvalue weighted by Gasteiger charge is -2.18. The summed E-state index contributed by atoms with van der Waals surface area (Å²) in [5.41, 5.74) is 0.827. The molecule has 7 heteroatoms. The van der Waals surface area contributed by atoms with Crippen LogP contribution in [0.2, 0.25) is 0 Å². The standard InChI is InChI=1S/C13H16N4O2S/c1-14-13-12(6-4-8-16-13)20(18,19)17(2)10-11-5-3-7-15-9-11/h3-9H,10H2,1-2H3,(H,14,16). The first kappa shape index (κ1) is 14.4.